The van der Waals surface area contributed by atoms with Gasteiger partial charge in [-0.05, 0) is 68.3 Å². The quantitative estimate of drug-likeness (QED) is 0.502. The van der Waals surface area contributed by atoms with Crippen LogP contribution in [0.15, 0.2) is 53.4 Å². The van der Waals surface area contributed by atoms with E-state index in [9.17, 15) is 13.2 Å². The van der Waals surface area contributed by atoms with Gasteiger partial charge in [-0.3, -0.25) is 4.79 Å². The molecule has 0 spiro atoms. The molecule has 0 aromatic heterocycles. The van der Waals surface area contributed by atoms with Crippen LogP contribution in [0.2, 0.25) is 0 Å². The van der Waals surface area contributed by atoms with E-state index in [4.69, 9.17) is 4.74 Å². The van der Waals surface area contributed by atoms with Crippen LogP contribution < -0.4 is 10.1 Å². The molecule has 1 aliphatic heterocycles. The van der Waals surface area contributed by atoms with Crippen molar-refractivity contribution in [1.82, 2.24) is 14.5 Å². The van der Waals surface area contributed by atoms with Crippen LogP contribution >= 0.6 is 0 Å². The van der Waals surface area contributed by atoms with Gasteiger partial charge in [-0.15, -0.1) is 0 Å². The summed E-state index contributed by atoms with van der Waals surface area (Å²) in [5.74, 6) is 0.0679. The minimum Gasteiger partial charge on any atom is -0.495 e. The molecule has 0 aliphatic carbocycles. The molecule has 8 heteroatoms. The number of nitrogens with zero attached hydrogens (tertiary/aromatic N) is 2. The Morgan fingerprint density at radius 3 is 2.40 bits per heavy atom. The molecular weight excluding hydrogens is 462 g/mol. The molecule has 1 atom stereocenters. The molecule has 0 bridgehead atoms. The van der Waals surface area contributed by atoms with Crippen LogP contribution in [-0.4, -0.2) is 64.4 Å². The highest BCUT2D eigenvalue weighted by atomic mass is 32.2. The molecule has 35 heavy (non-hydrogen) atoms. The van der Waals surface area contributed by atoms with Crippen LogP contribution in [-0.2, 0) is 21.2 Å². The van der Waals surface area contributed by atoms with Gasteiger partial charge in [0, 0.05) is 25.7 Å². The minimum absolute atomic E-state index is 0.0422. The van der Waals surface area contributed by atoms with E-state index < -0.39 is 10.0 Å². The lowest BCUT2D eigenvalue weighted by molar-refractivity contribution is -0.116. The molecule has 7 nitrogen and oxygen atoms in total. The van der Waals surface area contributed by atoms with Crippen LogP contribution in [0.5, 0.6) is 5.75 Å². The number of piperidine rings is 1. The third-order valence-electron chi connectivity index (χ3n) is 6.41. The summed E-state index contributed by atoms with van der Waals surface area (Å²) in [5.41, 5.74) is 3.04. The third kappa shape index (κ3) is 6.93. The Balaban J connectivity index is 1.70. The molecule has 1 fully saturated rings. The topological polar surface area (TPSA) is 78.9 Å². The molecule has 1 saturated heterocycles. The Bertz CT molecular complexity index is 1120. The van der Waals surface area contributed by atoms with E-state index in [1.807, 2.05) is 14.1 Å². The largest absolute Gasteiger partial charge is 0.495 e. The Morgan fingerprint density at radius 2 is 1.80 bits per heavy atom. The highest BCUT2D eigenvalue weighted by Gasteiger charge is 2.29. The number of nitrogens with one attached hydrogen (secondary N) is 1. The number of amides is 1. The van der Waals surface area contributed by atoms with Crippen molar-refractivity contribution >= 4 is 22.0 Å². The summed E-state index contributed by atoms with van der Waals surface area (Å²) < 4.78 is 33.3. The van der Waals surface area contributed by atoms with Crippen LogP contribution in [0.4, 0.5) is 0 Å². The molecule has 0 saturated carbocycles. The summed E-state index contributed by atoms with van der Waals surface area (Å²) in [4.78, 5) is 14.8. The number of carbonyl (C=O) groups is 1. The SMILES string of the molecule is CCc1ccc(C(CNC(=O)/C=C/c2ccc(OC)c(S(=O)(=O)N3CCCCC3)c2)N(C)C)cc1. The van der Waals surface area contributed by atoms with Gasteiger partial charge >= 0.3 is 0 Å². The van der Waals surface area contributed by atoms with Gasteiger partial charge in [0.25, 0.3) is 0 Å². The monoisotopic (exact) mass is 499 g/mol. The van der Waals surface area contributed by atoms with Crippen molar-refractivity contribution in [2.24, 2.45) is 0 Å². The normalized spacial score (nSPS) is 15.9. The Labute approximate surface area is 209 Å². The van der Waals surface area contributed by atoms with Gasteiger partial charge in [0.2, 0.25) is 15.9 Å². The van der Waals surface area contributed by atoms with E-state index in [-0.39, 0.29) is 16.8 Å². The van der Waals surface area contributed by atoms with Crippen LogP contribution in [0.3, 0.4) is 0 Å². The predicted molar refractivity (Wildman–Crippen MR) is 140 cm³/mol. The third-order valence-corrected chi connectivity index (χ3v) is 8.33. The summed E-state index contributed by atoms with van der Waals surface area (Å²) in [6, 6.07) is 13.4. The number of benzene rings is 2. The predicted octanol–water partition coefficient (Wildman–Crippen LogP) is 3.86. The van der Waals surface area contributed by atoms with Crippen molar-refractivity contribution in [3.05, 3.63) is 65.2 Å². The first-order valence-corrected chi connectivity index (χ1v) is 13.6. The number of sulfonamides is 1. The lowest BCUT2D eigenvalue weighted by Gasteiger charge is -2.26. The summed E-state index contributed by atoms with van der Waals surface area (Å²) in [5, 5.41) is 2.96. The highest BCUT2D eigenvalue weighted by molar-refractivity contribution is 7.89. The van der Waals surface area contributed by atoms with Gasteiger partial charge in [0.05, 0.1) is 13.2 Å². The average molecular weight is 500 g/mol. The minimum atomic E-state index is -3.66. The van der Waals surface area contributed by atoms with Crippen molar-refractivity contribution in [3.63, 3.8) is 0 Å². The molecule has 3 rings (SSSR count). The number of likely N-dealkylation sites (N-methyl/N-ethyl adjacent to an activating group) is 1. The summed E-state index contributed by atoms with van der Waals surface area (Å²) in [6.07, 6.45) is 6.81. The molecule has 2 aromatic carbocycles. The van der Waals surface area contributed by atoms with Crippen LogP contribution in [0.25, 0.3) is 6.08 Å². The smallest absolute Gasteiger partial charge is 0.246 e. The van der Waals surface area contributed by atoms with Crippen molar-refractivity contribution in [2.45, 2.75) is 43.5 Å². The fourth-order valence-electron chi connectivity index (χ4n) is 4.25. The first kappa shape index (κ1) is 26.9. The molecule has 0 radical (unpaired) electrons. The first-order chi connectivity index (χ1) is 16.8. The maximum Gasteiger partial charge on any atom is 0.246 e. The average Bonchev–Trinajstić information content (AvgIpc) is 2.88. The second kappa shape index (κ2) is 12.3. The maximum atomic E-state index is 13.2. The van der Waals surface area contributed by atoms with Gasteiger partial charge in [0.1, 0.15) is 10.6 Å². The lowest BCUT2D eigenvalue weighted by Crippen LogP contribution is -2.35. The first-order valence-electron chi connectivity index (χ1n) is 12.2. The van der Waals surface area contributed by atoms with E-state index in [2.05, 4.69) is 41.4 Å². The van der Waals surface area contributed by atoms with Crippen molar-refractivity contribution in [3.8, 4) is 5.75 Å². The Hall–Kier alpha value is -2.68. The van der Waals surface area contributed by atoms with Crippen molar-refractivity contribution in [2.75, 3.05) is 40.8 Å². The molecule has 1 amide bonds. The van der Waals surface area contributed by atoms with Gasteiger partial charge < -0.3 is 15.0 Å². The van der Waals surface area contributed by atoms with E-state index in [0.29, 0.717) is 30.9 Å². The number of carbonyl (C=O) groups excluding carboxylic acids is 1. The maximum absolute atomic E-state index is 13.2. The second-order valence-electron chi connectivity index (χ2n) is 9.03. The lowest BCUT2D eigenvalue weighted by atomic mass is 10.0. The summed E-state index contributed by atoms with van der Waals surface area (Å²) >= 11 is 0. The summed E-state index contributed by atoms with van der Waals surface area (Å²) in [6.45, 7) is 3.61. The standard InChI is InChI=1S/C27H37N3O4S/c1-5-21-9-13-23(14-10-21)24(29(2)3)20-28-27(31)16-12-22-11-15-25(34-4)26(19-22)35(32,33)30-17-7-6-8-18-30/h9-16,19,24H,5-8,17-18,20H2,1-4H3,(H,28,31)/b16-12+. The fraction of sp³-hybridized carbons (Fsp3) is 0.444. The highest BCUT2D eigenvalue weighted by Crippen LogP contribution is 2.30. The van der Waals surface area contributed by atoms with Crippen molar-refractivity contribution < 1.29 is 17.9 Å². The Kier molecular flexibility index (Phi) is 9.48. The zero-order chi connectivity index (χ0) is 25.4. The zero-order valence-electron chi connectivity index (χ0n) is 21.2. The number of rotatable bonds is 10. The number of hydrogen-bond donors (Lipinski definition) is 1. The number of aryl methyl sites for hydroxylation is 1. The molecule has 1 aliphatic rings. The van der Waals surface area contributed by atoms with Crippen molar-refractivity contribution in [1.29, 1.82) is 0 Å². The molecule has 1 heterocycles. The van der Waals surface area contributed by atoms with E-state index in [1.54, 1.807) is 24.3 Å². The van der Waals surface area contributed by atoms with Gasteiger partial charge in [-0.1, -0.05) is 43.7 Å². The fourth-order valence-corrected chi connectivity index (χ4v) is 5.95. The molecule has 2 aromatic rings. The van der Waals surface area contributed by atoms with E-state index in [1.165, 1.54) is 23.1 Å². The molecule has 190 valence electrons. The number of ether oxygens (including phenoxy) is 1. The van der Waals surface area contributed by atoms with Gasteiger partial charge in [0.15, 0.2) is 0 Å². The molecule has 1 unspecified atom stereocenters. The second-order valence-corrected chi connectivity index (χ2v) is 10.9. The zero-order valence-corrected chi connectivity index (χ0v) is 22.0. The number of methoxy groups -OCH3 is 1. The summed E-state index contributed by atoms with van der Waals surface area (Å²) in [7, 11) is 1.77. The van der Waals surface area contributed by atoms with E-state index >= 15 is 0 Å². The molecular formula is C27H37N3O4S. The van der Waals surface area contributed by atoms with Crippen LogP contribution in [0.1, 0.15) is 48.9 Å². The number of hydrogen-bond acceptors (Lipinski definition) is 5. The van der Waals surface area contributed by atoms with Gasteiger partial charge in [-0.2, -0.15) is 4.31 Å². The van der Waals surface area contributed by atoms with E-state index in [0.717, 1.165) is 31.2 Å². The Morgan fingerprint density at radius 1 is 1.11 bits per heavy atom. The van der Waals surface area contributed by atoms with Crippen LogP contribution in [0, 0.1) is 0 Å². The molecule has 1 N–H and O–H groups in total. The van der Waals surface area contributed by atoms with Gasteiger partial charge in [-0.25, -0.2) is 8.42 Å².